The van der Waals surface area contributed by atoms with E-state index in [1.165, 1.54) is 0 Å². The summed E-state index contributed by atoms with van der Waals surface area (Å²) in [6.45, 7) is 0.434. The van der Waals surface area contributed by atoms with E-state index < -0.39 is 0 Å². The minimum atomic E-state index is 0.434. The SMILES string of the molecule is c1ccc(-c2cn[nH]c2-c2ccc(OCc3ccc4ccccc4n3)cc2)cc1. The molecule has 0 fully saturated rings. The number of para-hydroxylation sites is 1. The van der Waals surface area contributed by atoms with E-state index in [1.54, 1.807) is 0 Å². The zero-order valence-electron chi connectivity index (χ0n) is 15.7. The summed E-state index contributed by atoms with van der Waals surface area (Å²) in [5.74, 6) is 0.810. The van der Waals surface area contributed by atoms with Gasteiger partial charge in [0.2, 0.25) is 0 Å². The number of ether oxygens (including phenoxy) is 1. The van der Waals surface area contributed by atoms with Gasteiger partial charge >= 0.3 is 0 Å². The summed E-state index contributed by atoms with van der Waals surface area (Å²) in [6, 6.07) is 30.5. The van der Waals surface area contributed by atoms with Gasteiger partial charge in [-0.05, 0) is 42.0 Å². The van der Waals surface area contributed by atoms with Crippen molar-refractivity contribution < 1.29 is 4.74 Å². The average Bonchev–Trinajstić information content (AvgIpc) is 3.28. The first-order valence-electron chi connectivity index (χ1n) is 9.53. The Bertz CT molecular complexity index is 1240. The molecule has 0 saturated heterocycles. The van der Waals surface area contributed by atoms with Crippen LogP contribution in [0.4, 0.5) is 0 Å². The number of benzene rings is 3. The molecular weight excluding hydrogens is 358 g/mol. The van der Waals surface area contributed by atoms with Crippen LogP contribution in [-0.4, -0.2) is 15.2 Å². The van der Waals surface area contributed by atoms with E-state index in [1.807, 2.05) is 72.9 Å². The molecule has 0 amide bonds. The minimum Gasteiger partial charge on any atom is -0.487 e. The van der Waals surface area contributed by atoms with Crippen LogP contribution in [0.1, 0.15) is 5.69 Å². The van der Waals surface area contributed by atoms with Crippen LogP contribution < -0.4 is 4.74 Å². The number of rotatable bonds is 5. The first kappa shape index (κ1) is 17.2. The monoisotopic (exact) mass is 377 g/mol. The van der Waals surface area contributed by atoms with Crippen LogP contribution in [-0.2, 0) is 6.61 Å². The maximum Gasteiger partial charge on any atom is 0.130 e. The molecule has 0 bridgehead atoms. The molecule has 5 aromatic rings. The lowest BCUT2D eigenvalue weighted by atomic mass is 10.0. The van der Waals surface area contributed by atoms with Crippen molar-refractivity contribution >= 4 is 10.9 Å². The van der Waals surface area contributed by atoms with Gasteiger partial charge in [-0.2, -0.15) is 5.10 Å². The van der Waals surface area contributed by atoms with Crippen LogP contribution >= 0.6 is 0 Å². The summed E-state index contributed by atoms with van der Waals surface area (Å²) in [6.07, 6.45) is 1.86. The fraction of sp³-hybridized carbons (Fsp3) is 0.0400. The summed E-state index contributed by atoms with van der Waals surface area (Å²) >= 11 is 0. The number of nitrogens with one attached hydrogen (secondary N) is 1. The lowest BCUT2D eigenvalue weighted by Gasteiger charge is -2.08. The summed E-state index contributed by atoms with van der Waals surface area (Å²) in [7, 11) is 0. The molecule has 3 aromatic carbocycles. The third-order valence-corrected chi connectivity index (χ3v) is 4.91. The molecule has 4 nitrogen and oxygen atoms in total. The smallest absolute Gasteiger partial charge is 0.130 e. The molecule has 0 spiro atoms. The van der Waals surface area contributed by atoms with Crippen molar-refractivity contribution in [3.63, 3.8) is 0 Å². The van der Waals surface area contributed by atoms with Gasteiger partial charge in [0.05, 0.1) is 23.1 Å². The van der Waals surface area contributed by atoms with Gasteiger partial charge in [0.25, 0.3) is 0 Å². The average molecular weight is 377 g/mol. The van der Waals surface area contributed by atoms with Crippen molar-refractivity contribution in [2.24, 2.45) is 0 Å². The van der Waals surface area contributed by atoms with Gasteiger partial charge in [-0.3, -0.25) is 5.10 Å². The molecule has 2 aromatic heterocycles. The van der Waals surface area contributed by atoms with Crippen molar-refractivity contribution in [3.05, 3.63) is 103 Å². The molecular formula is C25H19N3O. The number of pyridine rings is 1. The molecule has 5 rings (SSSR count). The molecule has 1 N–H and O–H groups in total. The molecule has 0 aliphatic rings. The summed E-state index contributed by atoms with van der Waals surface area (Å²) in [5.41, 5.74) is 6.18. The van der Waals surface area contributed by atoms with E-state index in [0.29, 0.717) is 6.61 Å². The van der Waals surface area contributed by atoms with Gasteiger partial charge in [0.15, 0.2) is 0 Å². The van der Waals surface area contributed by atoms with E-state index in [-0.39, 0.29) is 0 Å². The first-order chi connectivity index (χ1) is 14.4. The van der Waals surface area contributed by atoms with Crippen LogP contribution in [0.25, 0.3) is 33.3 Å². The van der Waals surface area contributed by atoms with Crippen molar-refractivity contribution in [3.8, 4) is 28.1 Å². The Hall–Kier alpha value is -3.92. The lowest BCUT2D eigenvalue weighted by Crippen LogP contribution is -1.98. The van der Waals surface area contributed by atoms with Crippen LogP contribution in [0.2, 0.25) is 0 Å². The maximum atomic E-state index is 5.94. The van der Waals surface area contributed by atoms with Gasteiger partial charge in [-0.15, -0.1) is 0 Å². The Balaban J connectivity index is 1.32. The van der Waals surface area contributed by atoms with Crippen LogP contribution in [0.15, 0.2) is 97.2 Å². The minimum absolute atomic E-state index is 0.434. The standard InChI is InChI=1S/C25H19N3O/c1-2-6-18(7-3-1)23-16-26-28-25(23)20-11-14-22(15-12-20)29-17-21-13-10-19-8-4-5-9-24(19)27-21/h1-16H,17H2,(H,26,28). The van der Waals surface area contributed by atoms with E-state index in [9.17, 15) is 0 Å². The molecule has 29 heavy (non-hydrogen) atoms. The van der Waals surface area contributed by atoms with Crippen LogP contribution in [0.3, 0.4) is 0 Å². The first-order valence-corrected chi connectivity index (χ1v) is 9.53. The number of aromatic nitrogens is 3. The Kier molecular flexibility index (Phi) is 4.51. The van der Waals surface area contributed by atoms with E-state index in [4.69, 9.17) is 4.74 Å². The quantitative estimate of drug-likeness (QED) is 0.417. The number of hydrogen-bond donors (Lipinski definition) is 1. The fourth-order valence-electron chi connectivity index (χ4n) is 3.41. The molecule has 0 unspecified atom stereocenters. The fourth-order valence-corrected chi connectivity index (χ4v) is 3.41. The van der Waals surface area contributed by atoms with E-state index in [2.05, 4.69) is 39.4 Å². The molecule has 0 atom stereocenters. The summed E-state index contributed by atoms with van der Waals surface area (Å²) in [4.78, 5) is 4.66. The van der Waals surface area contributed by atoms with Crippen molar-refractivity contribution in [1.82, 2.24) is 15.2 Å². The van der Waals surface area contributed by atoms with Crippen molar-refractivity contribution in [1.29, 1.82) is 0 Å². The third kappa shape index (κ3) is 3.60. The molecule has 2 heterocycles. The summed E-state index contributed by atoms with van der Waals surface area (Å²) in [5, 5.41) is 8.48. The predicted molar refractivity (Wildman–Crippen MR) is 116 cm³/mol. The Labute approximate surface area is 168 Å². The van der Waals surface area contributed by atoms with Gasteiger partial charge in [-0.25, -0.2) is 4.98 Å². The van der Waals surface area contributed by atoms with Gasteiger partial charge in [0, 0.05) is 16.5 Å². The molecule has 0 saturated carbocycles. The highest BCUT2D eigenvalue weighted by molar-refractivity contribution is 5.80. The predicted octanol–water partition coefficient (Wildman–Crippen LogP) is 5.87. The van der Waals surface area contributed by atoms with E-state index >= 15 is 0 Å². The zero-order chi connectivity index (χ0) is 19.5. The molecule has 0 aliphatic carbocycles. The Morgan fingerprint density at radius 1 is 0.724 bits per heavy atom. The highest BCUT2D eigenvalue weighted by Gasteiger charge is 2.10. The zero-order valence-corrected chi connectivity index (χ0v) is 15.7. The Morgan fingerprint density at radius 3 is 2.38 bits per heavy atom. The van der Waals surface area contributed by atoms with Crippen molar-refractivity contribution in [2.45, 2.75) is 6.61 Å². The second-order valence-electron chi connectivity index (χ2n) is 6.83. The normalized spacial score (nSPS) is 10.9. The highest BCUT2D eigenvalue weighted by Crippen LogP contribution is 2.31. The molecule has 0 radical (unpaired) electrons. The van der Waals surface area contributed by atoms with Crippen LogP contribution in [0.5, 0.6) is 5.75 Å². The largest absolute Gasteiger partial charge is 0.487 e. The molecule has 0 aliphatic heterocycles. The number of fused-ring (bicyclic) bond motifs is 1. The molecule has 4 heteroatoms. The number of nitrogens with zero attached hydrogens (tertiary/aromatic N) is 2. The third-order valence-electron chi connectivity index (χ3n) is 4.91. The number of aromatic amines is 1. The van der Waals surface area contributed by atoms with Gasteiger partial charge in [0.1, 0.15) is 12.4 Å². The number of hydrogen-bond acceptors (Lipinski definition) is 3. The lowest BCUT2D eigenvalue weighted by molar-refractivity contribution is 0.302. The van der Waals surface area contributed by atoms with Gasteiger partial charge < -0.3 is 4.74 Å². The van der Waals surface area contributed by atoms with E-state index in [0.717, 1.165) is 44.7 Å². The highest BCUT2D eigenvalue weighted by atomic mass is 16.5. The second-order valence-corrected chi connectivity index (χ2v) is 6.83. The van der Waals surface area contributed by atoms with Crippen LogP contribution in [0, 0.1) is 0 Å². The molecule has 140 valence electrons. The topological polar surface area (TPSA) is 50.8 Å². The second kappa shape index (κ2) is 7.60. The number of H-pyrrole nitrogens is 1. The summed E-state index contributed by atoms with van der Waals surface area (Å²) < 4.78 is 5.94. The van der Waals surface area contributed by atoms with Crippen molar-refractivity contribution in [2.75, 3.05) is 0 Å². The maximum absolute atomic E-state index is 5.94. The Morgan fingerprint density at radius 2 is 1.52 bits per heavy atom. The van der Waals surface area contributed by atoms with Gasteiger partial charge in [-0.1, -0.05) is 54.6 Å².